The summed E-state index contributed by atoms with van der Waals surface area (Å²) < 4.78 is 0. The Kier molecular flexibility index (Phi) is 6.08. The molecule has 0 saturated carbocycles. The van der Waals surface area contributed by atoms with Crippen LogP contribution in [0, 0.1) is 5.92 Å². The van der Waals surface area contributed by atoms with Crippen molar-refractivity contribution in [3.63, 3.8) is 0 Å². The summed E-state index contributed by atoms with van der Waals surface area (Å²) in [4.78, 5) is 3.96. The fraction of sp³-hybridized carbons (Fsp3) is 0.625. The van der Waals surface area contributed by atoms with Gasteiger partial charge in [-0.3, -0.25) is 4.99 Å². The molecule has 0 fully saturated rings. The van der Waals surface area contributed by atoms with Gasteiger partial charge in [-0.05, 0) is 19.9 Å². The van der Waals surface area contributed by atoms with Crippen LogP contribution in [-0.4, -0.2) is 19.8 Å². The van der Waals surface area contributed by atoms with Gasteiger partial charge in [0, 0.05) is 19.0 Å². The summed E-state index contributed by atoms with van der Waals surface area (Å²) in [5.41, 5.74) is 0. The van der Waals surface area contributed by atoms with Gasteiger partial charge >= 0.3 is 0 Å². The molecule has 0 bridgehead atoms. The maximum atomic E-state index is 3.96. The van der Waals surface area contributed by atoms with Gasteiger partial charge in [0.25, 0.3) is 0 Å². The summed E-state index contributed by atoms with van der Waals surface area (Å²) in [6.45, 7) is 5.07. The van der Waals surface area contributed by atoms with E-state index in [-0.39, 0.29) is 0 Å². The molecule has 0 aromatic carbocycles. The monoisotopic (exact) mass is 140 g/mol. The van der Waals surface area contributed by atoms with Crippen LogP contribution < -0.4 is 5.32 Å². The standard InChI is InChI=1S/C8H16N2/c1-4-10-6-5-8(2)7-9-3/h4-6,8-9H,7H2,1-3H3/b6-5-,10-4?/t8-/m0/s1. The van der Waals surface area contributed by atoms with Crippen molar-refractivity contribution in [2.24, 2.45) is 10.9 Å². The van der Waals surface area contributed by atoms with E-state index in [1.807, 2.05) is 20.2 Å². The van der Waals surface area contributed by atoms with E-state index < -0.39 is 0 Å². The van der Waals surface area contributed by atoms with Gasteiger partial charge in [0.1, 0.15) is 0 Å². The lowest BCUT2D eigenvalue weighted by Gasteiger charge is -2.01. The van der Waals surface area contributed by atoms with Crippen molar-refractivity contribution >= 4 is 6.21 Å². The summed E-state index contributed by atoms with van der Waals surface area (Å²) in [6, 6.07) is 0. The second kappa shape index (κ2) is 6.49. The van der Waals surface area contributed by atoms with Gasteiger partial charge in [0.05, 0.1) is 0 Å². The lowest BCUT2D eigenvalue weighted by Crippen LogP contribution is -2.14. The summed E-state index contributed by atoms with van der Waals surface area (Å²) in [5.74, 6) is 0.564. The Morgan fingerprint density at radius 3 is 2.80 bits per heavy atom. The van der Waals surface area contributed by atoms with Crippen LogP contribution in [0.1, 0.15) is 13.8 Å². The zero-order chi connectivity index (χ0) is 7.82. The Morgan fingerprint density at radius 2 is 2.30 bits per heavy atom. The second-order valence-electron chi connectivity index (χ2n) is 2.28. The van der Waals surface area contributed by atoms with Crippen LogP contribution in [0.5, 0.6) is 0 Å². The molecule has 1 N–H and O–H groups in total. The third kappa shape index (κ3) is 5.51. The topological polar surface area (TPSA) is 24.4 Å². The molecule has 2 heteroatoms. The average Bonchev–Trinajstić information content (AvgIpc) is 1.89. The molecule has 0 heterocycles. The van der Waals surface area contributed by atoms with E-state index in [9.17, 15) is 0 Å². The molecule has 1 atom stereocenters. The van der Waals surface area contributed by atoms with Gasteiger partial charge in [-0.1, -0.05) is 13.0 Å². The Balaban J connectivity index is 3.44. The van der Waals surface area contributed by atoms with Crippen molar-refractivity contribution in [1.82, 2.24) is 5.32 Å². The molecule has 0 aromatic heterocycles. The number of hydrogen-bond acceptors (Lipinski definition) is 2. The molecular formula is C8H16N2. The summed E-state index contributed by atoms with van der Waals surface area (Å²) in [7, 11) is 1.95. The quantitative estimate of drug-likeness (QED) is 0.587. The fourth-order valence-corrected chi connectivity index (χ4v) is 0.673. The summed E-state index contributed by atoms with van der Waals surface area (Å²) >= 11 is 0. The maximum absolute atomic E-state index is 3.96. The van der Waals surface area contributed by atoms with Crippen LogP contribution in [0.2, 0.25) is 0 Å². The van der Waals surface area contributed by atoms with Crippen molar-refractivity contribution in [3.8, 4) is 0 Å². The van der Waals surface area contributed by atoms with Crippen LogP contribution in [0.15, 0.2) is 17.3 Å². The molecule has 0 aliphatic heterocycles. The molecule has 0 amide bonds. The summed E-state index contributed by atoms with van der Waals surface area (Å²) in [5, 5.41) is 3.09. The Bertz CT molecular complexity index is 116. The largest absolute Gasteiger partial charge is 0.319 e. The van der Waals surface area contributed by atoms with E-state index in [1.54, 1.807) is 6.21 Å². The van der Waals surface area contributed by atoms with E-state index in [1.165, 1.54) is 0 Å². The maximum Gasteiger partial charge on any atom is 0.0226 e. The van der Waals surface area contributed by atoms with Crippen molar-refractivity contribution in [2.75, 3.05) is 13.6 Å². The minimum Gasteiger partial charge on any atom is -0.319 e. The first-order chi connectivity index (χ1) is 4.81. The minimum atomic E-state index is 0.564. The highest BCUT2D eigenvalue weighted by molar-refractivity contribution is 5.54. The van der Waals surface area contributed by atoms with Crippen LogP contribution in [0.3, 0.4) is 0 Å². The molecule has 0 aromatic rings. The number of aliphatic imine (C=N–C) groups is 1. The van der Waals surface area contributed by atoms with Crippen LogP contribution in [-0.2, 0) is 0 Å². The van der Waals surface area contributed by atoms with Crippen LogP contribution in [0.25, 0.3) is 0 Å². The molecule has 0 rings (SSSR count). The molecule has 58 valence electrons. The Hall–Kier alpha value is -0.630. The lowest BCUT2D eigenvalue weighted by molar-refractivity contribution is 0.649. The predicted molar refractivity (Wildman–Crippen MR) is 46.4 cm³/mol. The number of rotatable bonds is 4. The van der Waals surface area contributed by atoms with Gasteiger partial charge in [-0.25, -0.2) is 0 Å². The van der Waals surface area contributed by atoms with Crippen molar-refractivity contribution in [1.29, 1.82) is 0 Å². The van der Waals surface area contributed by atoms with Gasteiger partial charge in [0.15, 0.2) is 0 Å². The zero-order valence-corrected chi connectivity index (χ0v) is 6.96. The first kappa shape index (κ1) is 9.37. The van der Waals surface area contributed by atoms with E-state index in [0.29, 0.717) is 5.92 Å². The Morgan fingerprint density at radius 1 is 1.60 bits per heavy atom. The predicted octanol–water partition coefficient (Wildman–Crippen LogP) is 1.45. The molecule has 0 aliphatic carbocycles. The molecule has 2 nitrogen and oxygen atoms in total. The molecule has 0 spiro atoms. The summed E-state index contributed by atoms with van der Waals surface area (Å²) in [6.07, 6.45) is 5.70. The molecule has 10 heavy (non-hydrogen) atoms. The number of hydrogen-bond donors (Lipinski definition) is 1. The van der Waals surface area contributed by atoms with E-state index in [2.05, 4.69) is 23.3 Å². The molecule has 0 aliphatic rings. The van der Waals surface area contributed by atoms with Gasteiger partial charge in [-0.2, -0.15) is 0 Å². The van der Waals surface area contributed by atoms with Gasteiger partial charge in [-0.15, -0.1) is 0 Å². The van der Waals surface area contributed by atoms with Crippen molar-refractivity contribution < 1.29 is 0 Å². The van der Waals surface area contributed by atoms with E-state index in [0.717, 1.165) is 6.54 Å². The highest BCUT2D eigenvalue weighted by atomic mass is 14.8. The van der Waals surface area contributed by atoms with Gasteiger partial charge < -0.3 is 5.32 Å². The molecule has 0 saturated heterocycles. The first-order valence-electron chi connectivity index (χ1n) is 3.60. The number of nitrogens with zero attached hydrogens (tertiary/aromatic N) is 1. The molecule has 0 unspecified atom stereocenters. The minimum absolute atomic E-state index is 0.564. The SMILES string of the molecule is CC=N/C=C\[C@H](C)CNC. The average molecular weight is 140 g/mol. The van der Waals surface area contributed by atoms with E-state index in [4.69, 9.17) is 0 Å². The van der Waals surface area contributed by atoms with Crippen LogP contribution >= 0.6 is 0 Å². The Labute approximate surface area is 63.0 Å². The highest BCUT2D eigenvalue weighted by Crippen LogP contribution is 1.93. The lowest BCUT2D eigenvalue weighted by atomic mass is 10.2. The highest BCUT2D eigenvalue weighted by Gasteiger charge is 1.90. The van der Waals surface area contributed by atoms with Gasteiger partial charge in [0.2, 0.25) is 0 Å². The normalized spacial score (nSPS) is 15.1. The first-order valence-corrected chi connectivity index (χ1v) is 3.60. The van der Waals surface area contributed by atoms with Crippen molar-refractivity contribution in [3.05, 3.63) is 12.3 Å². The smallest absolute Gasteiger partial charge is 0.0226 e. The second-order valence-corrected chi connectivity index (χ2v) is 2.28. The van der Waals surface area contributed by atoms with E-state index >= 15 is 0 Å². The molecular weight excluding hydrogens is 124 g/mol. The zero-order valence-electron chi connectivity index (χ0n) is 6.96. The third-order valence-electron chi connectivity index (χ3n) is 1.18. The fourth-order valence-electron chi connectivity index (χ4n) is 0.673. The molecule has 0 radical (unpaired) electrons. The number of nitrogens with one attached hydrogen (secondary N) is 1. The van der Waals surface area contributed by atoms with Crippen LogP contribution in [0.4, 0.5) is 0 Å². The third-order valence-corrected chi connectivity index (χ3v) is 1.18. The van der Waals surface area contributed by atoms with Crippen molar-refractivity contribution in [2.45, 2.75) is 13.8 Å².